The average Bonchev–Trinajstić information content (AvgIpc) is 2.43. The molecule has 0 aromatic carbocycles. The van der Waals surface area contributed by atoms with E-state index in [1.54, 1.807) is 6.20 Å². The normalized spacial score (nSPS) is 10.5. The highest BCUT2D eigenvalue weighted by atomic mass is 16.5. The maximum atomic E-state index is 11.5. The van der Waals surface area contributed by atoms with Crippen LogP contribution >= 0.6 is 0 Å². The van der Waals surface area contributed by atoms with Gasteiger partial charge in [0.2, 0.25) is 5.91 Å². The van der Waals surface area contributed by atoms with Crippen LogP contribution in [0.5, 0.6) is 0 Å². The minimum Gasteiger partial charge on any atom is -0.377 e. The lowest BCUT2D eigenvalue weighted by Crippen LogP contribution is -2.12. The Hall–Kier alpha value is -1.46. The molecule has 0 bridgehead atoms. The molecule has 0 atom stereocenters. The second-order valence-electron chi connectivity index (χ2n) is 4.75. The summed E-state index contributed by atoms with van der Waals surface area (Å²) < 4.78 is 5.59. The molecule has 0 aliphatic carbocycles. The number of hydrogen-bond donors (Lipinski definition) is 2. The Morgan fingerprint density at radius 3 is 3.00 bits per heavy atom. The number of nitrogens with zero attached hydrogens (tertiary/aromatic N) is 1. The number of pyridine rings is 1. The Kier molecular flexibility index (Phi) is 8.58. The molecule has 112 valence electrons. The van der Waals surface area contributed by atoms with Gasteiger partial charge in [-0.05, 0) is 49.9 Å². The molecule has 0 radical (unpaired) electrons. The van der Waals surface area contributed by atoms with Gasteiger partial charge in [-0.1, -0.05) is 6.92 Å². The number of amides is 1. The number of rotatable bonds is 10. The van der Waals surface area contributed by atoms with Crippen LogP contribution in [-0.4, -0.2) is 24.0 Å². The van der Waals surface area contributed by atoms with Crippen molar-refractivity contribution in [2.45, 2.75) is 45.6 Å². The number of hydrogen-bond acceptors (Lipinski definition) is 4. The molecule has 3 N–H and O–H groups in total. The molecule has 1 amide bonds. The maximum Gasteiger partial charge on any atom is 0.225 e. The van der Waals surface area contributed by atoms with E-state index in [0.717, 1.165) is 44.4 Å². The third-order valence-electron chi connectivity index (χ3n) is 2.83. The average molecular weight is 279 g/mol. The van der Waals surface area contributed by atoms with Gasteiger partial charge in [0, 0.05) is 19.2 Å². The quantitative estimate of drug-likeness (QED) is 0.645. The number of nitrogens with two attached hydrogens (primary N) is 1. The topological polar surface area (TPSA) is 77.2 Å². The van der Waals surface area contributed by atoms with Crippen molar-refractivity contribution < 1.29 is 9.53 Å². The van der Waals surface area contributed by atoms with Crippen molar-refractivity contribution in [3.63, 3.8) is 0 Å². The van der Waals surface area contributed by atoms with Crippen molar-refractivity contribution in [1.29, 1.82) is 0 Å². The number of carbonyl (C=O) groups is 1. The van der Waals surface area contributed by atoms with E-state index in [2.05, 4.69) is 10.3 Å². The first kappa shape index (κ1) is 16.6. The number of carbonyl (C=O) groups excluding carboxylic acids is 1. The summed E-state index contributed by atoms with van der Waals surface area (Å²) >= 11 is 0. The molecule has 0 saturated carbocycles. The third kappa shape index (κ3) is 7.21. The number of unbranched alkanes of at least 4 members (excludes halogenated alkanes) is 2. The van der Waals surface area contributed by atoms with Crippen LogP contribution in [0.4, 0.5) is 5.82 Å². The SMILES string of the molecule is CCCC(=O)Nc1cc(COCCCCCN)ccn1. The van der Waals surface area contributed by atoms with Gasteiger partial charge in [-0.25, -0.2) is 4.98 Å². The van der Waals surface area contributed by atoms with Crippen molar-refractivity contribution in [3.8, 4) is 0 Å². The van der Waals surface area contributed by atoms with Crippen LogP contribution < -0.4 is 11.1 Å². The molecule has 0 unspecified atom stereocenters. The fourth-order valence-electron chi connectivity index (χ4n) is 1.78. The molecule has 1 rings (SSSR count). The number of ether oxygens (including phenoxy) is 1. The first-order valence-electron chi connectivity index (χ1n) is 7.29. The van der Waals surface area contributed by atoms with Gasteiger partial charge in [0.05, 0.1) is 6.61 Å². The molecule has 0 spiro atoms. The predicted molar refractivity (Wildman–Crippen MR) is 80.3 cm³/mol. The second kappa shape index (κ2) is 10.3. The number of anilines is 1. The van der Waals surface area contributed by atoms with Gasteiger partial charge in [0.15, 0.2) is 0 Å². The summed E-state index contributed by atoms with van der Waals surface area (Å²) in [5.74, 6) is 0.590. The van der Waals surface area contributed by atoms with E-state index in [-0.39, 0.29) is 5.91 Å². The fraction of sp³-hybridized carbons (Fsp3) is 0.600. The van der Waals surface area contributed by atoms with E-state index in [1.165, 1.54) is 0 Å². The van der Waals surface area contributed by atoms with Crippen LogP contribution in [0, 0.1) is 0 Å². The summed E-state index contributed by atoms with van der Waals surface area (Å²) in [4.78, 5) is 15.6. The van der Waals surface area contributed by atoms with Gasteiger partial charge in [-0.15, -0.1) is 0 Å². The molecule has 0 fully saturated rings. The molecule has 0 saturated heterocycles. The van der Waals surface area contributed by atoms with Crippen LogP contribution in [0.3, 0.4) is 0 Å². The zero-order chi connectivity index (χ0) is 14.6. The lowest BCUT2D eigenvalue weighted by molar-refractivity contribution is -0.116. The standard InChI is InChI=1S/C15H25N3O2/c1-2-6-15(19)18-14-11-13(7-9-17-14)12-20-10-5-3-4-8-16/h7,9,11H,2-6,8,10,12,16H2,1H3,(H,17,18,19). The van der Waals surface area contributed by atoms with Crippen LogP contribution in [0.25, 0.3) is 0 Å². The van der Waals surface area contributed by atoms with Gasteiger partial charge in [0.25, 0.3) is 0 Å². The zero-order valence-electron chi connectivity index (χ0n) is 12.2. The molecule has 0 aliphatic rings. The molecule has 0 aliphatic heterocycles. The van der Waals surface area contributed by atoms with Crippen LogP contribution in [0.15, 0.2) is 18.3 Å². The van der Waals surface area contributed by atoms with Gasteiger partial charge in [0.1, 0.15) is 5.82 Å². The Balaban J connectivity index is 2.30. The Bertz CT molecular complexity index is 396. The van der Waals surface area contributed by atoms with E-state index in [9.17, 15) is 4.79 Å². The second-order valence-corrected chi connectivity index (χ2v) is 4.75. The van der Waals surface area contributed by atoms with E-state index in [4.69, 9.17) is 10.5 Å². The van der Waals surface area contributed by atoms with E-state index in [1.807, 2.05) is 19.1 Å². The van der Waals surface area contributed by atoms with E-state index in [0.29, 0.717) is 18.8 Å². The number of nitrogens with one attached hydrogen (secondary N) is 1. The largest absolute Gasteiger partial charge is 0.377 e. The highest BCUT2D eigenvalue weighted by Crippen LogP contribution is 2.09. The van der Waals surface area contributed by atoms with Crippen LogP contribution in [0.2, 0.25) is 0 Å². The van der Waals surface area contributed by atoms with Crippen molar-refractivity contribution in [1.82, 2.24) is 4.98 Å². The fourth-order valence-corrected chi connectivity index (χ4v) is 1.78. The van der Waals surface area contributed by atoms with Crippen LogP contribution in [0.1, 0.15) is 44.6 Å². The molecule has 1 aromatic heterocycles. The van der Waals surface area contributed by atoms with Crippen molar-refractivity contribution >= 4 is 11.7 Å². The van der Waals surface area contributed by atoms with E-state index < -0.39 is 0 Å². The summed E-state index contributed by atoms with van der Waals surface area (Å²) in [6.07, 6.45) is 6.22. The van der Waals surface area contributed by atoms with Gasteiger partial charge in [-0.3, -0.25) is 4.79 Å². The lowest BCUT2D eigenvalue weighted by Gasteiger charge is -2.07. The summed E-state index contributed by atoms with van der Waals surface area (Å²) in [5.41, 5.74) is 6.45. The van der Waals surface area contributed by atoms with Crippen molar-refractivity contribution in [2.24, 2.45) is 5.73 Å². The van der Waals surface area contributed by atoms with Crippen molar-refractivity contribution in [2.75, 3.05) is 18.5 Å². The predicted octanol–water partition coefficient (Wildman–Crippen LogP) is 2.47. The smallest absolute Gasteiger partial charge is 0.225 e. The first-order valence-corrected chi connectivity index (χ1v) is 7.29. The van der Waals surface area contributed by atoms with Crippen LogP contribution in [-0.2, 0) is 16.1 Å². The summed E-state index contributed by atoms with van der Waals surface area (Å²) in [7, 11) is 0. The Morgan fingerprint density at radius 2 is 2.25 bits per heavy atom. The Labute approximate surface area is 120 Å². The molecule has 5 nitrogen and oxygen atoms in total. The van der Waals surface area contributed by atoms with E-state index >= 15 is 0 Å². The monoisotopic (exact) mass is 279 g/mol. The first-order chi connectivity index (χ1) is 9.76. The minimum atomic E-state index is -0.000136. The summed E-state index contributed by atoms with van der Waals surface area (Å²) in [6, 6.07) is 3.75. The zero-order valence-corrected chi connectivity index (χ0v) is 12.2. The third-order valence-corrected chi connectivity index (χ3v) is 2.83. The van der Waals surface area contributed by atoms with Gasteiger partial charge >= 0.3 is 0 Å². The van der Waals surface area contributed by atoms with Gasteiger partial charge < -0.3 is 15.8 Å². The highest BCUT2D eigenvalue weighted by Gasteiger charge is 2.03. The molecular formula is C15H25N3O2. The lowest BCUT2D eigenvalue weighted by atomic mass is 10.2. The maximum absolute atomic E-state index is 11.5. The molecule has 5 heteroatoms. The van der Waals surface area contributed by atoms with Crippen molar-refractivity contribution in [3.05, 3.63) is 23.9 Å². The number of aromatic nitrogens is 1. The highest BCUT2D eigenvalue weighted by molar-refractivity contribution is 5.89. The molecule has 1 aromatic rings. The summed E-state index contributed by atoms with van der Waals surface area (Å²) in [6.45, 7) is 3.99. The molecular weight excluding hydrogens is 254 g/mol. The Morgan fingerprint density at radius 1 is 1.40 bits per heavy atom. The summed E-state index contributed by atoms with van der Waals surface area (Å²) in [5, 5.41) is 2.78. The molecule has 20 heavy (non-hydrogen) atoms. The van der Waals surface area contributed by atoms with Gasteiger partial charge in [-0.2, -0.15) is 0 Å². The molecule has 1 heterocycles. The minimum absolute atomic E-state index is 0.000136.